The van der Waals surface area contributed by atoms with Gasteiger partial charge in [0.2, 0.25) is 5.91 Å². The SMILES string of the molecule is CC(C(=O)Nc1ccccc1)N1C(=O)NC(C)(c2ccc(C(C)(C)C)cc2)C1=O. The fraction of sp³-hybridized carbons (Fsp3) is 0.348. The number of amides is 4. The number of nitrogens with zero attached hydrogens (tertiary/aromatic N) is 1. The molecule has 0 aromatic heterocycles. The minimum atomic E-state index is -1.21. The van der Waals surface area contributed by atoms with Crippen LogP contribution in [0.4, 0.5) is 10.5 Å². The topological polar surface area (TPSA) is 78.5 Å². The molecule has 1 fully saturated rings. The highest BCUT2D eigenvalue weighted by atomic mass is 16.2. The van der Waals surface area contributed by atoms with E-state index in [9.17, 15) is 14.4 Å². The molecule has 1 heterocycles. The summed E-state index contributed by atoms with van der Waals surface area (Å²) in [6, 6.07) is 15.1. The number of nitrogens with one attached hydrogen (secondary N) is 2. The normalized spacial score (nSPS) is 20.4. The van der Waals surface area contributed by atoms with E-state index in [1.807, 2.05) is 30.3 Å². The van der Waals surface area contributed by atoms with Gasteiger partial charge in [0.15, 0.2) is 0 Å². The first-order chi connectivity index (χ1) is 13.5. The molecule has 0 saturated carbocycles. The Morgan fingerprint density at radius 3 is 2.17 bits per heavy atom. The molecule has 0 spiro atoms. The Morgan fingerprint density at radius 1 is 1.03 bits per heavy atom. The first-order valence-electron chi connectivity index (χ1n) is 9.67. The maximum atomic E-state index is 13.2. The van der Waals surface area contributed by atoms with Crippen LogP contribution < -0.4 is 10.6 Å². The highest BCUT2D eigenvalue weighted by molar-refractivity contribution is 6.11. The third-order valence-electron chi connectivity index (χ3n) is 5.36. The van der Waals surface area contributed by atoms with Crippen LogP contribution in [0.15, 0.2) is 54.6 Å². The van der Waals surface area contributed by atoms with Crippen LogP contribution >= 0.6 is 0 Å². The number of benzene rings is 2. The number of anilines is 1. The summed E-state index contributed by atoms with van der Waals surface area (Å²) in [7, 11) is 0. The predicted molar refractivity (Wildman–Crippen MR) is 112 cm³/mol. The average Bonchev–Trinajstić information content (AvgIpc) is 2.91. The first-order valence-corrected chi connectivity index (χ1v) is 9.67. The molecule has 4 amide bonds. The minimum Gasteiger partial charge on any atom is -0.324 e. The zero-order valence-corrected chi connectivity index (χ0v) is 17.4. The van der Waals surface area contributed by atoms with Gasteiger partial charge in [0.05, 0.1) is 0 Å². The van der Waals surface area contributed by atoms with Gasteiger partial charge in [-0.05, 0) is 42.5 Å². The van der Waals surface area contributed by atoms with E-state index in [-0.39, 0.29) is 5.41 Å². The number of urea groups is 1. The Balaban J connectivity index is 1.82. The van der Waals surface area contributed by atoms with E-state index in [1.165, 1.54) is 0 Å². The molecule has 2 atom stereocenters. The second-order valence-electron chi connectivity index (χ2n) is 8.59. The van der Waals surface area contributed by atoms with Crippen molar-refractivity contribution in [3.05, 3.63) is 65.7 Å². The molecule has 29 heavy (non-hydrogen) atoms. The van der Waals surface area contributed by atoms with Crippen molar-refractivity contribution in [3.8, 4) is 0 Å². The minimum absolute atomic E-state index is 0.0154. The number of hydrogen-bond acceptors (Lipinski definition) is 3. The summed E-state index contributed by atoms with van der Waals surface area (Å²) in [5, 5.41) is 5.50. The smallest absolute Gasteiger partial charge is 0.324 e. The second kappa shape index (κ2) is 7.35. The van der Waals surface area contributed by atoms with Gasteiger partial charge in [-0.25, -0.2) is 9.69 Å². The predicted octanol–water partition coefficient (Wildman–Crippen LogP) is 3.78. The van der Waals surface area contributed by atoms with Gasteiger partial charge in [-0.15, -0.1) is 0 Å². The Bertz CT molecular complexity index is 932. The van der Waals surface area contributed by atoms with Crippen molar-refractivity contribution < 1.29 is 14.4 Å². The van der Waals surface area contributed by atoms with Crippen molar-refractivity contribution in [1.29, 1.82) is 0 Å². The zero-order valence-electron chi connectivity index (χ0n) is 17.4. The summed E-state index contributed by atoms with van der Waals surface area (Å²) in [5.41, 5.74) is 1.20. The molecule has 3 rings (SSSR count). The van der Waals surface area contributed by atoms with Crippen LogP contribution in [-0.4, -0.2) is 28.8 Å². The van der Waals surface area contributed by atoms with Crippen molar-refractivity contribution in [2.75, 3.05) is 5.32 Å². The van der Waals surface area contributed by atoms with Crippen LogP contribution in [0, 0.1) is 0 Å². The summed E-state index contributed by atoms with van der Waals surface area (Å²) >= 11 is 0. The van der Waals surface area contributed by atoms with E-state index in [0.29, 0.717) is 11.3 Å². The van der Waals surface area contributed by atoms with E-state index in [0.717, 1.165) is 10.5 Å². The Morgan fingerprint density at radius 2 is 1.62 bits per heavy atom. The molecule has 0 bridgehead atoms. The maximum absolute atomic E-state index is 13.2. The van der Waals surface area contributed by atoms with E-state index in [4.69, 9.17) is 0 Å². The number of rotatable bonds is 4. The van der Waals surface area contributed by atoms with Crippen LogP contribution in [0.2, 0.25) is 0 Å². The number of hydrogen-bond donors (Lipinski definition) is 2. The average molecular weight is 393 g/mol. The molecular weight excluding hydrogens is 366 g/mol. The molecule has 1 aliphatic rings. The largest absolute Gasteiger partial charge is 0.326 e. The molecule has 2 unspecified atom stereocenters. The fourth-order valence-electron chi connectivity index (χ4n) is 3.40. The summed E-state index contributed by atoms with van der Waals surface area (Å²) < 4.78 is 0. The number of carbonyl (C=O) groups excluding carboxylic acids is 3. The maximum Gasteiger partial charge on any atom is 0.326 e. The van der Waals surface area contributed by atoms with Gasteiger partial charge in [0, 0.05) is 5.69 Å². The molecule has 6 heteroatoms. The van der Waals surface area contributed by atoms with Gasteiger partial charge in [-0.2, -0.15) is 0 Å². The quantitative estimate of drug-likeness (QED) is 0.776. The third kappa shape index (κ3) is 3.88. The monoisotopic (exact) mass is 393 g/mol. The molecule has 2 N–H and O–H groups in total. The zero-order chi connectivity index (χ0) is 21.4. The van der Waals surface area contributed by atoms with Crippen molar-refractivity contribution in [2.24, 2.45) is 0 Å². The molecule has 2 aromatic rings. The standard InChI is InChI=1S/C23H27N3O3/c1-15(19(27)24-18-9-7-6-8-10-18)26-20(28)23(5,25-21(26)29)17-13-11-16(12-14-17)22(2,3)4/h6-15H,1-5H3,(H,24,27)(H,25,29). The van der Waals surface area contributed by atoms with Crippen LogP contribution in [0.25, 0.3) is 0 Å². The van der Waals surface area contributed by atoms with Crippen molar-refractivity contribution >= 4 is 23.5 Å². The lowest BCUT2D eigenvalue weighted by Crippen LogP contribution is -2.47. The van der Waals surface area contributed by atoms with E-state index >= 15 is 0 Å². The summed E-state index contributed by atoms with van der Waals surface area (Å²) in [6.07, 6.45) is 0. The van der Waals surface area contributed by atoms with Crippen molar-refractivity contribution in [1.82, 2.24) is 10.2 Å². The Hall–Kier alpha value is -3.15. The molecule has 0 aliphatic carbocycles. The molecule has 1 aliphatic heterocycles. The lowest BCUT2D eigenvalue weighted by molar-refractivity contribution is -0.136. The second-order valence-corrected chi connectivity index (χ2v) is 8.59. The van der Waals surface area contributed by atoms with E-state index in [1.54, 1.807) is 38.1 Å². The summed E-state index contributed by atoms with van der Waals surface area (Å²) in [6.45, 7) is 9.55. The van der Waals surface area contributed by atoms with Gasteiger partial charge >= 0.3 is 6.03 Å². The Kier molecular flexibility index (Phi) is 5.22. The lowest BCUT2D eigenvalue weighted by Gasteiger charge is -2.26. The number of para-hydroxylation sites is 1. The highest BCUT2D eigenvalue weighted by Crippen LogP contribution is 2.32. The van der Waals surface area contributed by atoms with Gasteiger partial charge in [0.25, 0.3) is 5.91 Å². The molecule has 6 nitrogen and oxygen atoms in total. The van der Waals surface area contributed by atoms with Crippen LogP contribution in [-0.2, 0) is 20.5 Å². The lowest BCUT2D eigenvalue weighted by atomic mass is 9.84. The van der Waals surface area contributed by atoms with Crippen molar-refractivity contribution in [3.63, 3.8) is 0 Å². The number of carbonyl (C=O) groups is 3. The molecular formula is C23H27N3O3. The van der Waals surface area contributed by atoms with Crippen molar-refractivity contribution in [2.45, 2.75) is 51.6 Å². The Labute approximate surface area is 171 Å². The van der Waals surface area contributed by atoms with Gasteiger partial charge in [-0.1, -0.05) is 63.2 Å². The fourth-order valence-corrected chi connectivity index (χ4v) is 3.40. The molecule has 0 radical (unpaired) electrons. The van der Waals surface area contributed by atoms with Crippen LogP contribution in [0.5, 0.6) is 0 Å². The summed E-state index contributed by atoms with van der Waals surface area (Å²) in [4.78, 5) is 39.4. The molecule has 152 valence electrons. The van der Waals surface area contributed by atoms with E-state index < -0.39 is 29.4 Å². The van der Waals surface area contributed by atoms with Crippen LogP contribution in [0.3, 0.4) is 0 Å². The highest BCUT2D eigenvalue weighted by Gasteiger charge is 2.51. The third-order valence-corrected chi connectivity index (χ3v) is 5.36. The summed E-state index contributed by atoms with van der Waals surface area (Å²) in [5.74, 6) is -0.867. The molecule has 2 aromatic carbocycles. The van der Waals surface area contributed by atoms with Gasteiger partial charge in [-0.3, -0.25) is 9.59 Å². The molecule has 1 saturated heterocycles. The van der Waals surface area contributed by atoms with E-state index in [2.05, 4.69) is 31.4 Å². The number of imide groups is 1. The van der Waals surface area contributed by atoms with Crippen LogP contribution in [0.1, 0.15) is 45.7 Å². The van der Waals surface area contributed by atoms with Gasteiger partial charge < -0.3 is 10.6 Å². The first kappa shape index (κ1) is 20.6. The van der Waals surface area contributed by atoms with Gasteiger partial charge in [0.1, 0.15) is 11.6 Å².